The lowest BCUT2D eigenvalue weighted by atomic mass is 10.2. The van der Waals surface area contributed by atoms with Gasteiger partial charge in [0.1, 0.15) is 0 Å². The number of carbonyl (C=O) groups is 1. The van der Waals surface area contributed by atoms with E-state index in [9.17, 15) is 18.0 Å². The summed E-state index contributed by atoms with van der Waals surface area (Å²) in [4.78, 5) is 11.0. The Morgan fingerprint density at radius 1 is 1.27 bits per heavy atom. The van der Waals surface area contributed by atoms with Crippen molar-refractivity contribution in [2.45, 2.75) is 5.51 Å². The van der Waals surface area contributed by atoms with Crippen molar-refractivity contribution >= 4 is 33.9 Å². The number of carbonyl (C=O) groups excluding carboxylic acids is 1. The number of halogens is 4. The van der Waals surface area contributed by atoms with Gasteiger partial charge in [-0.15, -0.1) is 0 Å². The average molecular weight is 301 g/mol. The summed E-state index contributed by atoms with van der Waals surface area (Å²) in [5.74, 6) is -1.02. The fraction of sp³-hybridized carbons (Fsp3) is 0.125. The van der Waals surface area contributed by atoms with Crippen LogP contribution in [0.3, 0.4) is 0 Å². The normalized spacial score (nSPS) is 11.2. The first-order chi connectivity index (χ1) is 6.88. The molecule has 0 N–H and O–H groups in total. The first-order valence-corrected chi connectivity index (χ1v) is 5.14. The monoisotopic (exact) mass is 300 g/mol. The molecule has 0 atom stereocenters. The van der Waals surface area contributed by atoms with Crippen molar-refractivity contribution in [3.8, 4) is 0 Å². The Balaban J connectivity index is 2.58. The topological polar surface area (TPSA) is 26.3 Å². The van der Waals surface area contributed by atoms with Gasteiger partial charge in [-0.25, -0.2) is 4.79 Å². The van der Waals surface area contributed by atoms with E-state index in [1.165, 1.54) is 24.3 Å². The molecule has 0 heterocycles. The van der Waals surface area contributed by atoms with Crippen LogP contribution < -0.4 is 0 Å². The summed E-state index contributed by atoms with van der Waals surface area (Å²) >= 11 is 2.31. The smallest absolute Gasteiger partial charge is 0.378 e. The van der Waals surface area contributed by atoms with Crippen LogP contribution in [-0.4, -0.2) is 11.5 Å². The van der Waals surface area contributed by atoms with Crippen molar-refractivity contribution in [3.05, 3.63) is 34.3 Å². The molecule has 0 aliphatic rings. The van der Waals surface area contributed by atoms with E-state index in [2.05, 4.69) is 20.1 Å². The summed E-state index contributed by atoms with van der Waals surface area (Å²) in [7, 11) is 0. The molecule has 0 amide bonds. The molecule has 0 saturated carbocycles. The van der Waals surface area contributed by atoms with Gasteiger partial charge in [-0.1, -0.05) is 15.9 Å². The number of alkyl halides is 3. The molecule has 0 unspecified atom stereocenters. The Kier molecular flexibility index (Phi) is 4.04. The van der Waals surface area contributed by atoms with Gasteiger partial charge in [0.15, 0.2) is 12.0 Å². The lowest BCUT2D eigenvalue weighted by Crippen LogP contribution is -2.06. The fourth-order valence-electron chi connectivity index (χ4n) is 0.719. The third kappa shape index (κ3) is 4.57. The first kappa shape index (κ1) is 12.4. The van der Waals surface area contributed by atoms with Crippen LogP contribution in [0.4, 0.5) is 13.2 Å². The lowest BCUT2D eigenvalue weighted by Gasteiger charge is -2.04. The van der Waals surface area contributed by atoms with Crippen LogP contribution >= 0.6 is 28.0 Å². The minimum atomic E-state index is -4.58. The van der Waals surface area contributed by atoms with Gasteiger partial charge in [-0.2, -0.15) is 13.2 Å². The highest BCUT2D eigenvalue weighted by atomic mass is 79.9. The third-order valence-electron chi connectivity index (χ3n) is 1.29. The summed E-state index contributed by atoms with van der Waals surface area (Å²) in [6.45, 7) is 0. The molecule has 1 aromatic carbocycles. The summed E-state index contributed by atoms with van der Waals surface area (Å²) in [5, 5.41) is 0. The molecule has 7 heteroatoms. The Morgan fingerprint density at radius 3 is 2.27 bits per heavy atom. The second kappa shape index (κ2) is 4.89. The largest absolute Gasteiger partial charge is 0.479 e. The van der Waals surface area contributed by atoms with E-state index < -0.39 is 23.5 Å². The van der Waals surface area contributed by atoms with Gasteiger partial charge in [-0.05, 0) is 24.3 Å². The predicted molar refractivity (Wildman–Crippen MR) is 53.2 cm³/mol. The molecular formula is C8H4BrF3O2S. The maximum absolute atomic E-state index is 11.7. The van der Waals surface area contributed by atoms with Gasteiger partial charge in [0.2, 0.25) is 0 Å². The van der Waals surface area contributed by atoms with E-state index >= 15 is 0 Å². The van der Waals surface area contributed by atoms with Crippen molar-refractivity contribution in [3.63, 3.8) is 0 Å². The zero-order valence-corrected chi connectivity index (χ0v) is 9.45. The molecular weight excluding hydrogens is 297 g/mol. The van der Waals surface area contributed by atoms with Gasteiger partial charge < -0.3 is 4.18 Å². The van der Waals surface area contributed by atoms with E-state index in [0.717, 1.165) is 4.47 Å². The fourth-order valence-corrected chi connectivity index (χ4v) is 1.25. The Labute approximate surface area is 96.1 Å². The summed E-state index contributed by atoms with van der Waals surface area (Å²) in [6, 6.07) is 5.80. The quantitative estimate of drug-likeness (QED) is 0.778. The van der Waals surface area contributed by atoms with Gasteiger partial charge >= 0.3 is 11.5 Å². The zero-order chi connectivity index (χ0) is 11.5. The zero-order valence-electron chi connectivity index (χ0n) is 7.05. The molecule has 0 aliphatic carbocycles. The molecule has 0 radical (unpaired) electrons. The third-order valence-corrected chi connectivity index (χ3v) is 2.24. The van der Waals surface area contributed by atoms with Crippen LogP contribution in [0.15, 0.2) is 28.7 Å². The maximum atomic E-state index is 11.7. The maximum Gasteiger partial charge on any atom is 0.479 e. The van der Waals surface area contributed by atoms with Crippen molar-refractivity contribution in [1.82, 2.24) is 0 Å². The van der Waals surface area contributed by atoms with E-state index in [0.29, 0.717) is 0 Å². The van der Waals surface area contributed by atoms with E-state index in [-0.39, 0.29) is 5.56 Å². The predicted octanol–water partition coefficient (Wildman–Crippen LogP) is 3.77. The number of hydrogen-bond acceptors (Lipinski definition) is 3. The SMILES string of the molecule is O=C(OSC(F)(F)F)c1ccc(Br)cc1. The van der Waals surface area contributed by atoms with Crippen molar-refractivity contribution in [2.75, 3.05) is 0 Å². The van der Waals surface area contributed by atoms with E-state index in [1.54, 1.807) is 0 Å². The van der Waals surface area contributed by atoms with Crippen LogP contribution in [-0.2, 0) is 4.18 Å². The second-order valence-corrected chi connectivity index (χ2v) is 4.12. The van der Waals surface area contributed by atoms with Gasteiger partial charge in [-0.3, -0.25) is 0 Å². The van der Waals surface area contributed by atoms with E-state index in [4.69, 9.17) is 0 Å². The van der Waals surface area contributed by atoms with Crippen LogP contribution in [0.5, 0.6) is 0 Å². The molecule has 15 heavy (non-hydrogen) atoms. The summed E-state index contributed by atoms with van der Waals surface area (Å²) < 4.78 is 39.7. The molecule has 0 bridgehead atoms. The summed E-state index contributed by atoms with van der Waals surface area (Å²) in [6.07, 6.45) is 0. The molecule has 0 aliphatic heterocycles. The summed E-state index contributed by atoms with van der Waals surface area (Å²) in [5.41, 5.74) is -4.51. The van der Waals surface area contributed by atoms with Gasteiger partial charge in [0.05, 0.1) is 5.56 Å². The van der Waals surface area contributed by atoms with Crippen molar-refractivity contribution in [1.29, 1.82) is 0 Å². The van der Waals surface area contributed by atoms with Crippen LogP contribution in [0.2, 0.25) is 0 Å². The number of rotatable bonds is 2. The molecule has 0 saturated heterocycles. The second-order valence-electron chi connectivity index (χ2n) is 2.41. The molecule has 1 aromatic rings. The Bertz CT molecular complexity index is 350. The highest BCUT2D eigenvalue weighted by Crippen LogP contribution is 2.31. The molecule has 2 nitrogen and oxygen atoms in total. The van der Waals surface area contributed by atoms with Crippen molar-refractivity contribution in [2.24, 2.45) is 0 Å². The molecule has 0 spiro atoms. The Hall–Kier alpha value is -0.690. The van der Waals surface area contributed by atoms with Crippen molar-refractivity contribution < 1.29 is 22.1 Å². The highest BCUT2D eigenvalue weighted by molar-refractivity contribution is 9.10. The average Bonchev–Trinajstić information content (AvgIpc) is 2.14. The van der Waals surface area contributed by atoms with Crippen LogP contribution in [0.25, 0.3) is 0 Å². The van der Waals surface area contributed by atoms with E-state index in [1.807, 2.05) is 0 Å². The lowest BCUT2D eigenvalue weighted by molar-refractivity contribution is -0.0388. The number of benzene rings is 1. The first-order valence-electron chi connectivity index (χ1n) is 3.61. The Morgan fingerprint density at radius 2 is 1.80 bits per heavy atom. The highest BCUT2D eigenvalue weighted by Gasteiger charge is 2.32. The minimum Gasteiger partial charge on any atom is -0.378 e. The van der Waals surface area contributed by atoms with Crippen LogP contribution in [0, 0.1) is 0 Å². The molecule has 82 valence electrons. The molecule has 1 rings (SSSR count). The molecule has 0 aromatic heterocycles. The van der Waals surface area contributed by atoms with Gasteiger partial charge in [0, 0.05) is 4.47 Å². The molecule has 0 fully saturated rings. The number of hydrogen-bond donors (Lipinski definition) is 0. The van der Waals surface area contributed by atoms with Crippen LogP contribution in [0.1, 0.15) is 10.4 Å². The van der Waals surface area contributed by atoms with Gasteiger partial charge in [0.25, 0.3) is 0 Å². The standard InChI is InChI=1S/C8H4BrF3O2S/c9-6-3-1-5(2-4-6)7(13)14-15-8(10,11)12/h1-4H. The minimum absolute atomic E-state index is 0.0648.